The number of hydrogen-bond donors (Lipinski definition) is 0. The Morgan fingerprint density at radius 2 is 1.31 bits per heavy atom. The number of rotatable bonds is 16. The topological polar surface area (TPSA) is 0 Å². The summed E-state index contributed by atoms with van der Waals surface area (Å²) in [6.45, 7) is 45.7. The fraction of sp³-hybridized carbons (Fsp3) is 0.490. The van der Waals surface area contributed by atoms with Crippen molar-refractivity contribution in [3.05, 3.63) is 137 Å². The van der Waals surface area contributed by atoms with Crippen molar-refractivity contribution in [3.63, 3.8) is 0 Å². The molecule has 0 saturated carbocycles. The Bertz CT molecular complexity index is 1330. The number of hydrogen-bond acceptors (Lipinski definition) is 0. The van der Waals surface area contributed by atoms with E-state index in [2.05, 4.69) is 150 Å². The zero-order valence-electron chi connectivity index (χ0n) is 36.4. The summed E-state index contributed by atoms with van der Waals surface area (Å²) in [6.07, 6.45) is 24.0. The van der Waals surface area contributed by atoms with Crippen molar-refractivity contribution in [1.82, 2.24) is 0 Å². The molecule has 2 aromatic carbocycles. The van der Waals surface area contributed by atoms with Crippen LogP contribution < -0.4 is 0 Å². The van der Waals surface area contributed by atoms with Crippen molar-refractivity contribution in [2.45, 2.75) is 168 Å². The molecule has 0 radical (unpaired) electrons. The maximum atomic E-state index is 4.22. The Morgan fingerprint density at radius 1 is 0.725 bits per heavy atom. The van der Waals surface area contributed by atoms with Gasteiger partial charge in [-0.25, -0.2) is 0 Å². The van der Waals surface area contributed by atoms with Gasteiger partial charge < -0.3 is 0 Å². The van der Waals surface area contributed by atoms with Gasteiger partial charge in [0.2, 0.25) is 0 Å². The Labute approximate surface area is 320 Å². The first-order chi connectivity index (χ1) is 24.4. The average Bonchev–Trinajstić information content (AvgIpc) is 3.10. The second-order valence-electron chi connectivity index (χ2n) is 13.1. The Hall–Kier alpha value is -3.38. The third kappa shape index (κ3) is 22.2. The van der Waals surface area contributed by atoms with Crippen molar-refractivity contribution in [1.29, 1.82) is 0 Å². The molecule has 0 saturated heterocycles. The van der Waals surface area contributed by atoms with Gasteiger partial charge in [0.15, 0.2) is 0 Å². The smallest absolute Gasteiger partial charge is 0.0146 e. The standard InChI is InChI=1S/C27H34.C12H20.C7H14.C3H8.C2H6/c1-8-11-12-14-25(19(4)5)27-16-13-15-26(21(27)7)23-17-20(6)24(10-3)22(9-2)18-23;1-6-7-8-9-12(10(2)3)11(4)5;1-3-5-7-6-4-2;1-3-2;1-2/h11-18H,4,8-10H2,1-3,5-7H3;9H,2,4,6-8H2,1,3,5H3;3H,1,4-7H2,2H3;3H2,1-2H3;1-2H3/b12-11-,25-14+;;;;. The van der Waals surface area contributed by atoms with E-state index in [0.29, 0.717) is 0 Å². The zero-order chi connectivity index (χ0) is 39.8. The van der Waals surface area contributed by atoms with Gasteiger partial charge in [0.25, 0.3) is 0 Å². The molecule has 51 heavy (non-hydrogen) atoms. The van der Waals surface area contributed by atoms with Crippen LogP contribution >= 0.6 is 0 Å². The van der Waals surface area contributed by atoms with Gasteiger partial charge in [-0.3, -0.25) is 0 Å². The maximum Gasteiger partial charge on any atom is -0.0146 e. The lowest BCUT2D eigenvalue weighted by Gasteiger charge is -2.17. The van der Waals surface area contributed by atoms with Crippen molar-refractivity contribution in [3.8, 4) is 11.1 Å². The van der Waals surface area contributed by atoms with Crippen LogP contribution in [0, 0.1) is 13.8 Å². The molecule has 0 bridgehead atoms. The second kappa shape index (κ2) is 33.7. The molecule has 0 aliphatic rings. The van der Waals surface area contributed by atoms with E-state index in [9.17, 15) is 0 Å². The summed E-state index contributed by atoms with van der Waals surface area (Å²) in [6, 6.07) is 11.4. The van der Waals surface area contributed by atoms with Crippen LogP contribution in [0.5, 0.6) is 0 Å². The summed E-state index contributed by atoms with van der Waals surface area (Å²) < 4.78 is 0. The number of unbranched alkanes of at least 4 members (excludes halogenated alkanes) is 5. The predicted octanol–water partition coefficient (Wildman–Crippen LogP) is 17.5. The minimum absolute atomic E-state index is 1.04. The molecule has 2 aromatic rings. The number of allylic oxidation sites excluding steroid dienone is 10. The highest BCUT2D eigenvalue weighted by Gasteiger charge is 2.13. The second-order valence-corrected chi connectivity index (χ2v) is 13.1. The van der Waals surface area contributed by atoms with Gasteiger partial charge in [0.1, 0.15) is 0 Å². The summed E-state index contributed by atoms with van der Waals surface area (Å²) in [5.74, 6) is 0. The van der Waals surface area contributed by atoms with Gasteiger partial charge in [-0.05, 0) is 123 Å². The monoisotopic (exact) mass is 695 g/mol. The molecule has 0 amide bonds. The van der Waals surface area contributed by atoms with Crippen LogP contribution in [0.1, 0.15) is 169 Å². The van der Waals surface area contributed by atoms with Gasteiger partial charge in [-0.15, -0.1) is 6.58 Å². The predicted molar refractivity (Wildman–Crippen MR) is 241 cm³/mol. The Kier molecular flexibility index (Phi) is 34.4. The Balaban J connectivity index is -0.000000791. The van der Waals surface area contributed by atoms with Gasteiger partial charge in [0, 0.05) is 0 Å². The molecule has 0 spiro atoms. The molecule has 0 heteroatoms. The van der Waals surface area contributed by atoms with Crippen molar-refractivity contribution in [2.24, 2.45) is 0 Å². The van der Waals surface area contributed by atoms with Crippen LogP contribution in [0.3, 0.4) is 0 Å². The van der Waals surface area contributed by atoms with Crippen molar-refractivity contribution < 1.29 is 0 Å². The van der Waals surface area contributed by atoms with Crippen molar-refractivity contribution in [2.75, 3.05) is 0 Å². The van der Waals surface area contributed by atoms with Crippen LogP contribution in [0.15, 0.2) is 109 Å². The van der Waals surface area contributed by atoms with Crippen LogP contribution in [-0.2, 0) is 12.8 Å². The van der Waals surface area contributed by atoms with Crippen LogP contribution in [-0.4, -0.2) is 0 Å². The van der Waals surface area contributed by atoms with E-state index in [-0.39, 0.29) is 0 Å². The molecule has 0 nitrogen and oxygen atoms in total. The van der Waals surface area contributed by atoms with Gasteiger partial charge in [0.05, 0.1) is 0 Å². The third-order valence-corrected chi connectivity index (χ3v) is 8.17. The summed E-state index contributed by atoms with van der Waals surface area (Å²) in [5, 5.41) is 0. The molecule has 0 aliphatic carbocycles. The normalized spacial score (nSPS) is 10.2. The van der Waals surface area contributed by atoms with E-state index >= 15 is 0 Å². The minimum atomic E-state index is 1.04. The summed E-state index contributed by atoms with van der Waals surface area (Å²) in [4.78, 5) is 0. The van der Waals surface area contributed by atoms with Crippen LogP contribution in [0.2, 0.25) is 0 Å². The third-order valence-electron chi connectivity index (χ3n) is 8.17. The summed E-state index contributed by atoms with van der Waals surface area (Å²) in [7, 11) is 0. The fourth-order valence-electron chi connectivity index (χ4n) is 5.57. The van der Waals surface area contributed by atoms with E-state index in [1.54, 1.807) is 0 Å². The van der Waals surface area contributed by atoms with E-state index in [1.165, 1.54) is 95.0 Å². The average molecular weight is 695 g/mol. The van der Waals surface area contributed by atoms with E-state index in [0.717, 1.165) is 42.4 Å². The van der Waals surface area contributed by atoms with E-state index in [1.807, 2.05) is 33.8 Å². The molecular formula is C51H82. The molecule has 286 valence electrons. The lowest BCUT2D eigenvalue weighted by Crippen LogP contribution is -1.98. The maximum absolute atomic E-state index is 4.22. The molecule has 0 N–H and O–H groups in total. The number of aryl methyl sites for hydroxylation is 2. The van der Waals surface area contributed by atoms with E-state index in [4.69, 9.17) is 0 Å². The lowest BCUT2D eigenvalue weighted by molar-refractivity contribution is 0.730. The SMILES string of the molecule is C=C(C)/C(=C\C=C/CC)c1cccc(-c2cc(C)c(CC)c(CC)c2)c1C.C=C(C)C(=CCCCC)C(=C)C.C=CCCCCC.CC.CCC. The Morgan fingerprint density at radius 3 is 1.76 bits per heavy atom. The molecular weight excluding hydrogens is 613 g/mol. The first kappa shape index (κ1) is 52.0. The molecule has 2 rings (SSSR count). The summed E-state index contributed by atoms with van der Waals surface area (Å²) >= 11 is 0. The fourth-order valence-corrected chi connectivity index (χ4v) is 5.57. The first-order valence-electron chi connectivity index (χ1n) is 20.2. The summed E-state index contributed by atoms with van der Waals surface area (Å²) in [5.41, 5.74) is 15.4. The quantitative estimate of drug-likeness (QED) is 0.0932. The molecule has 0 aliphatic heterocycles. The van der Waals surface area contributed by atoms with E-state index < -0.39 is 0 Å². The van der Waals surface area contributed by atoms with Crippen molar-refractivity contribution >= 4 is 5.57 Å². The zero-order valence-corrected chi connectivity index (χ0v) is 36.4. The molecule has 0 atom stereocenters. The highest BCUT2D eigenvalue weighted by molar-refractivity contribution is 5.84. The van der Waals surface area contributed by atoms with Gasteiger partial charge in [-0.1, -0.05) is 192 Å². The van der Waals surface area contributed by atoms with Crippen LogP contribution in [0.4, 0.5) is 0 Å². The first-order valence-corrected chi connectivity index (χ1v) is 20.2. The highest BCUT2D eigenvalue weighted by Crippen LogP contribution is 2.34. The molecule has 0 heterocycles. The molecule has 0 fully saturated rings. The van der Waals surface area contributed by atoms with Gasteiger partial charge in [-0.2, -0.15) is 0 Å². The number of benzene rings is 2. The lowest BCUT2D eigenvalue weighted by atomic mass is 9.87. The van der Waals surface area contributed by atoms with Gasteiger partial charge >= 0.3 is 0 Å². The molecule has 0 unspecified atom stereocenters. The highest BCUT2D eigenvalue weighted by atomic mass is 14.2. The largest absolute Gasteiger partial charge is 0.103 e. The molecule has 0 aromatic heterocycles. The minimum Gasteiger partial charge on any atom is -0.103 e. The van der Waals surface area contributed by atoms with Crippen LogP contribution in [0.25, 0.3) is 16.7 Å².